The van der Waals surface area contributed by atoms with Crippen molar-refractivity contribution in [3.05, 3.63) is 59.7 Å². The number of rotatable bonds is 9. The first-order valence-corrected chi connectivity index (χ1v) is 12.3. The topological polar surface area (TPSA) is 95.7 Å². The molecule has 0 aliphatic carbocycles. The number of amides is 3. The molecule has 7 nitrogen and oxygen atoms in total. The second kappa shape index (κ2) is 10.8. The molecule has 2 aliphatic rings. The summed E-state index contributed by atoms with van der Waals surface area (Å²) in [6.07, 6.45) is 5.29. The van der Waals surface area contributed by atoms with E-state index in [0.29, 0.717) is 18.8 Å². The Morgan fingerprint density at radius 2 is 1.91 bits per heavy atom. The summed E-state index contributed by atoms with van der Waals surface area (Å²) in [4.78, 5) is 41.0. The molecule has 2 saturated heterocycles. The normalized spacial score (nSPS) is 20.6. The molecule has 2 aliphatic heterocycles. The van der Waals surface area contributed by atoms with Gasteiger partial charge in [-0.15, -0.1) is 0 Å². The van der Waals surface area contributed by atoms with Crippen LogP contribution >= 0.6 is 0 Å². The van der Waals surface area contributed by atoms with Crippen molar-refractivity contribution < 1.29 is 14.4 Å². The van der Waals surface area contributed by atoms with Gasteiger partial charge in [-0.25, -0.2) is 0 Å². The van der Waals surface area contributed by atoms with E-state index in [1.165, 1.54) is 5.56 Å². The molecular formula is C27H34N4O3. The maximum Gasteiger partial charge on any atom is 0.234 e. The molecule has 4 rings (SSSR count). The average Bonchev–Trinajstić information content (AvgIpc) is 3.45. The first-order valence-electron chi connectivity index (χ1n) is 12.3. The van der Waals surface area contributed by atoms with Crippen molar-refractivity contribution in [2.75, 3.05) is 23.3 Å². The molecule has 0 radical (unpaired) electrons. The summed E-state index contributed by atoms with van der Waals surface area (Å²) < 4.78 is 0. The number of nitrogens with one attached hydrogen (secondary N) is 1. The van der Waals surface area contributed by atoms with Gasteiger partial charge in [-0.3, -0.25) is 19.3 Å². The van der Waals surface area contributed by atoms with E-state index in [-0.39, 0.29) is 30.2 Å². The molecule has 0 bridgehead atoms. The number of aryl methyl sites for hydroxylation is 1. The van der Waals surface area contributed by atoms with E-state index in [0.717, 1.165) is 49.9 Å². The molecule has 0 spiro atoms. The first kappa shape index (κ1) is 24.0. The number of carbonyl (C=O) groups is 3. The zero-order chi connectivity index (χ0) is 24.1. The Bertz CT molecular complexity index is 1040. The Labute approximate surface area is 201 Å². The molecule has 2 unspecified atom stereocenters. The minimum Gasteiger partial charge on any atom is -0.368 e. The molecule has 7 heteroatoms. The van der Waals surface area contributed by atoms with E-state index in [4.69, 9.17) is 5.73 Å². The number of hydrogen-bond donors (Lipinski definition) is 2. The van der Waals surface area contributed by atoms with Crippen LogP contribution in [0.25, 0.3) is 0 Å². The Morgan fingerprint density at radius 3 is 2.65 bits per heavy atom. The van der Waals surface area contributed by atoms with E-state index < -0.39 is 5.92 Å². The maximum absolute atomic E-state index is 12.9. The second-order valence-electron chi connectivity index (χ2n) is 9.40. The molecule has 0 saturated carbocycles. The number of primary amides is 1. The zero-order valence-corrected chi connectivity index (χ0v) is 19.8. The van der Waals surface area contributed by atoms with Crippen molar-refractivity contribution >= 4 is 29.1 Å². The van der Waals surface area contributed by atoms with Crippen LogP contribution in [0.5, 0.6) is 0 Å². The Hall–Kier alpha value is -3.19. The van der Waals surface area contributed by atoms with Crippen molar-refractivity contribution in [3.63, 3.8) is 0 Å². The lowest BCUT2D eigenvalue weighted by atomic mass is 10.1. The van der Waals surface area contributed by atoms with Crippen LogP contribution in [0.3, 0.4) is 0 Å². The van der Waals surface area contributed by atoms with Crippen molar-refractivity contribution in [1.29, 1.82) is 0 Å². The highest BCUT2D eigenvalue weighted by molar-refractivity contribution is 6.03. The highest BCUT2D eigenvalue weighted by Gasteiger charge is 2.35. The highest BCUT2D eigenvalue weighted by atomic mass is 16.2. The molecule has 2 aromatic rings. The first-order chi connectivity index (χ1) is 16.4. The molecule has 34 heavy (non-hydrogen) atoms. The minimum absolute atomic E-state index is 0.0262. The lowest BCUT2D eigenvalue weighted by molar-refractivity contribution is -0.122. The third-order valence-corrected chi connectivity index (χ3v) is 6.84. The van der Waals surface area contributed by atoms with Gasteiger partial charge in [0.05, 0.1) is 12.0 Å². The zero-order valence-electron chi connectivity index (χ0n) is 19.8. The van der Waals surface area contributed by atoms with Gasteiger partial charge in [0.2, 0.25) is 17.7 Å². The number of nitrogens with zero attached hydrogens (tertiary/aromatic N) is 2. The largest absolute Gasteiger partial charge is 0.368 e. The van der Waals surface area contributed by atoms with Crippen LogP contribution < -0.4 is 16.0 Å². The van der Waals surface area contributed by atoms with Gasteiger partial charge in [-0.1, -0.05) is 37.6 Å². The SMILES string of the molecule is CCCCc1ccc(N2CC(C(=O)Nc3cccc(CN4CCCC4C(N)=O)c3)CC2=O)cc1. The number of nitrogens with two attached hydrogens (primary N) is 1. The van der Waals surface area contributed by atoms with Crippen LogP contribution in [0.4, 0.5) is 11.4 Å². The summed E-state index contributed by atoms with van der Waals surface area (Å²) >= 11 is 0. The number of unbranched alkanes of at least 4 members (excludes halogenated alkanes) is 1. The lowest BCUT2D eigenvalue weighted by Gasteiger charge is -2.22. The number of anilines is 2. The van der Waals surface area contributed by atoms with Crippen LogP contribution in [0.15, 0.2) is 48.5 Å². The fourth-order valence-electron chi connectivity index (χ4n) is 4.92. The fraction of sp³-hybridized carbons (Fsp3) is 0.444. The summed E-state index contributed by atoms with van der Waals surface area (Å²) in [5.74, 6) is -0.854. The molecular weight excluding hydrogens is 428 g/mol. The predicted octanol–water partition coefficient (Wildman–Crippen LogP) is 3.47. The molecule has 2 fully saturated rings. The van der Waals surface area contributed by atoms with E-state index in [1.54, 1.807) is 4.90 Å². The fourth-order valence-corrected chi connectivity index (χ4v) is 4.92. The maximum atomic E-state index is 12.9. The standard InChI is InChI=1S/C27H34N4O3/c1-2-3-6-19-10-12-23(13-11-19)31-18-21(16-25(31)32)27(34)29-22-8-4-7-20(15-22)17-30-14-5-9-24(30)26(28)33/h4,7-8,10-13,15,21,24H,2-3,5-6,9,14,16-18H2,1H3,(H2,28,33)(H,29,34). The molecule has 3 N–H and O–H groups in total. The van der Waals surface area contributed by atoms with Gasteiger partial charge in [0.25, 0.3) is 0 Å². The second-order valence-corrected chi connectivity index (χ2v) is 9.40. The number of hydrogen-bond acceptors (Lipinski definition) is 4. The molecule has 3 amide bonds. The van der Waals surface area contributed by atoms with Crippen LogP contribution in [-0.4, -0.2) is 41.8 Å². The summed E-state index contributed by atoms with van der Waals surface area (Å²) in [5, 5.41) is 2.98. The van der Waals surface area contributed by atoms with E-state index in [9.17, 15) is 14.4 Å². The lowest BCUT2D eigenvalue weighted by Crippen LogP contribution is -2.39. The summed E-state index contributed by atoms with van der Waals surface area (Å²) in [5.41, 5.74) is 9.35. The van der Waals surface area contributed by atoms with Crippen molar-refractivity contribution in [2.24, 2.45) is 11.7 Å². The Morgan fingerprint density at radius 1 is 1.12 bits per heavy atom. The number of likely N-dealkylation sites (tertiary alicyclic amines) is 1. The van der Waals surface area contributed by atoms with Crippen LogP contribution in [0.2, 0.25) is 0 Å². The van der Waals surface area contributed by atoms with Crippen LogP contribution in [0, 0.1) is 5.92 Å². The van der Waals surface area contributed by atoms with Crippen molar-refractivity contribution in [3.8, 4) is 0 Å². The molecule has 0 aromatic heterocycles. The van der Waals surface area contributed by atoms with Gasteiger partial charge in [0, 0.05) is 30.9 Å². The minimum atomic E-state index is -0.395. The smallest absolute Gasteiger partial charge is 0.234 e. The van der Waals surface area contributed by atoms with Crippen LogP contribution in [-0.2, 0) is 27.3 Å². The Balaban J connectivity index is 1.35. The average molecular weight is 463 g/mol. The van der Waals surface area contributed by atoms with Crippen LogP contribution in [0.1, 0.15) is 50.2 Å². The number of benzene rings is 2. The molecule has 2 aromatic carbocycles. The van der Waals surface area contributed by atoms with E-state index in [2.05, 4.69) is 29.3 Å². The van der Waals surface area contributed by atoms with Gasteiger partial charge in [0.1, 0.15) is 0 Å². The van der Waals surface area contributed by atoms with Gasteiger partial charge in [0.15, 0.2) is 0 Å². The highest BCUT2D eigenvalue weighted by Crippen LogP contribution is 2.27. The number of carbonyl (C=O) groups excluding carboxylic acids is 3. The molecule has 180 valence electrons. The van der Waals surface area contributed by atoms with Gasteiger partial charge in [-0.2, -0.15) is 0 Å². The predicted molar refractivity (Wildman–Crippen MR) is 133 cm³/mol. The molecule has 2 atom stereocenters. The quantitative estimate of drug-likeness (QED) is 0.596. The van der Waals surface area contributed by atoms with Crippen molar-refractivity contribution in [2.45, 2.75) is 58.0 Å². The summed E-state index contributed by atoms with van der Waals surface area (Å²) in [6.45, 7) is 4.00. The van der Waals surface area contributed by atoms with Gasteiger partial charge in [-0.05, 0) is 67.6 Å². The van der Waals surface area contributed by atoms with Gasteiger partial charge >= 0.3 is 0 Å². The molecule has 2 heterocycles. The summed E-state index contributed by atoms with van der Waals surface area (Å²) in [6, 6.07) is 15.5. The van der Waals surface area contributed by atoms with Crippen molar-refractivity contribution in [1.82, 2.24) is 4.90 Å². The van der Waals surface area contributed by atoms with E-state index >= 15 is 0 Å². The summed E-state index contributed by atoms with van der Waals surface area (Å²) in [7, 11) is 0. The monoisotopic (exact) mass is 462 g/mol. The third-order valence-electron chi connectivity index (χ3n) is 6.84. The Kier molecular flexibility index (Phi) is 7.63. The third kappa shape index (κ3) is 5.65. The van der Waals surface area contributed by atoms with Gasteiger partial charge < -0.3 is 16.0 Å². The van der Waals surface area contributed by atoms with E-state index in [1.807, 2.05) is 36.4 Å².